The number of imidazole rings is 1. The lowest BCUT2D eigenvalue weighted by atomic mass is 10.1. The van der Waals surface area contributed by atoms with Crippen LogP contribution in [-0.4, -0.2) is 80.1 Å². The predicted octanol–water partition coefficient (Wildman–Crippen LogP) is -2.22. The van der Waals surface area contributed by atoms with E-state index >= 15 is 0 Å². The minimum absolute atomic E-state index is 0.0901. The van der Waals surface area contributed by atoms with Gasteiger partial charge in [-0.05, 0) is 0 Å². The van der Waals surface area contributed by atoms with Crippen molar-refractivity contribution in [3.8, 4) is 0 Å². The van der Waals surface area contributed by atoms with Gasteiger partial charge >= 0.3 is 23.0 Å². The van der Waals surface area contributed by atoms with Gasteiger partial charge in [0.25, 0.3) is 5.56 Å². The van der Waals surface area contributed by atoms with E-state index in [0.29, 0.717) is 0 Å². The summed E-state index contributed by atoms with van der Waals surface area (Å²) >= 11 is 0. The first-order chi connectivity index (χ1) is 14.6. The zero-order chi connectivity index (χ0) is 24.1. The van der Waals surface area contributed by atoms with Gasteiger partial charge in [0.1, 0.15) is 18.3 Å². The van der Waals surface area contributed by atoms with E-state index < -0.39 is 65.6 Å². The number of ether oxygens (including phenoxy) is 1. The Morgan fingerprint density at radius 2 is 1.81 bits per heavy atom. The van der Waals surface area contributed by atoms with Gasteiger partial charge in [0.15, 0.2) is 23.3 Å². The molecular formula is C11H18N5O13P3. The van der Waals surface area contributed by atoms with Crippen molar-refractivity contribution in [1.29, 1.82) is 0 Å². The van der Waals surface area contributed by atoms with E-state index in [2.05, 4.69) is 23.8 Å². The Kier molecular flexibility index (Phi) is 6.81. The number of H-pyrrole nitrogens is 1. The molecule has 1 saturated heterocycles. The Labute approximate surface area is 176 Å². The molecule has 18 nitrogen and oxygen atoms in total. The van der Waals surface area contributed by atoms with Crippen molar-refractivity contribution in [2.75, 3.05) is 18.2 Å². The van der Waals surface area contributed by atoms with Crippen LogP contribution in [0, 0.1) is 0 Å². The second-order valence-corrected chi connectivity index (χ2v) is 12.2. The van der Waals surface area contributed by atoms with E-state index in [9.17, 15) is 38.5 Å². The maximum absolute atomic E-state index is 12.0. The Hall–Kier alpha value is -1.52. The molecule has 6 atom stereocenters. The van der Waals surface area contributed by atoms with Gasteiger partial charge in [-0.2, -0.15) is 4.98 Å². The monoisotopic (exact) mass is 521 g/mol. The molecule has 0 bridgehead atoms. The van der Waals surface area contributed by atoms with E-state index in [1.807, 2.05) is 0 Å². The number of rotatable bonds is 8. The topological polar surface area (TPSA) is 290 Å². The van der Waals surface area contributed by atoms with E-state index in [4.69, 9.17) is 20.3 Å². The second-order valence-electron chi connectivity index (χ2n) is 6.61. The Morgan fingerprint density at radius 1 is 1.16 bits per heavy atom. The molecule has 0 amide bonds. The number of aliphatic hydroxyl groups excluding tert-OH is 2. The van der Waals surface area contributed by atoms with Gasteiger partial charge < -0.3 is 44.8 Å². The first kappa shape index (κ1) is 25.1. The molecule has 0 spiro atoms. The van der Waals surface area contributed by atoms with Gasteiger partial charge in [-0.3, -0.25) is 23.5 Å². The fraction of sp³-hybridized carbons (Fsp3) is 0.545. The lowest BCUT2D eigenvalue weighted by Crippen LogP contribution is -2.33. The van der Waals surface area contributed by atoms with E-state index in [-0.39, 0.29) is 17.1 Å². The van der Waals surface area contributed by atoms with Crippen LogP contribution in [0.4, 0.5) is 5.95 Å². The molecule has 2 aromatic rings. The number of nitrogens with two attached hydrogens (primary N) is 1. The maximum Gasteiger partial charge on any atom is 0.476 e. The molecule has 1 aliphatic heterocycles. The van der Waals surface area contributed by atoms with Gasteiger partial charge in [0.05, 0.1) is 12.9 Å². The largest absolute Gasteiger partial charge is 0.476 e. The normalized spacial score (nSPS) is 27.9. The summed E-state index contributed by atoms with van der Waals surface area (Å²) in [6, 6.07) is 0. The number of nitrogens with zero attached hydrogens (tertiary/aromatic N) is 3. The van der Waals surface area contributed by atoms with E-state index in [0.717, 1.165) is 10.9 Å². The lowest BCUT2D eigenvalue weighted by molar-refractivity contribution is -0.0483. The number of aromatic nitrogens is 4. The van der Waals surface area contributed by atoms with Crippen LogP contribution >= 0.6 is 23.0 Å². The smallest absolute Gasteiger partial charge is 0.387 e. The van der Waals surface area contributed by atoms with Crippen molar-refractivity contribution in [3.05, 3.63) is 16.7 Å². The highest BCUT2D eigenvalue weighted by molar-refractivity contribution is 7.74. The number of nitrogen functional groups attached to an aromatic ring is 1. The molecule has 0 saturated carbocycles. The molecule has 3 rings (SSSR count). The van der Waals surface area contributed by atoms with Crippen LogP contribution < -0.4 is 11.3 Å². The second kappa shape index (κ2) is 8.68. The molecule has 3 heterocycles. The summed E-state index contributed by atoms with van der Waals surface area (Å²) in [4.78, 5) is 58.0. The van der Waals surface area contributed by atoms with Crippen molar-refractivity contribution >= 4 is 40.1 Å². The van der Waals surface area contributed by atoms with Crippen LogP contribution in [0.1, 0.15) is 6.23 Å². The van der Waals surface area contributed by atoms with Gasteiger partial charge in [0.2, 0.25) is 5.95 Å². The first-order valence-corrected chi connectivity index (χ1v) is 13.4. The molecule has 180 valence electrons. The van der Waals surface area contributed by atoms with Crippen molar-refractivity contribution in [3.63, 3.8) is 0 Å². The number of aromatic amines is 1. The molecule has 9 N–H and O–H groups in total. The Balaban J connectivity index is 1.72. The van der Waals surface area contributed by atoms with E-state index in [1.165, 1.54) is 0 Å². The molecule has 1 aliphatic rings. The average molecular weight is 521 g/mol. The van der Waals surface area contributed by atoms with Gasteiger partial charge in [-0.1, -0.05) is 0 Å². The highest BCUT2D eigenvalue weighted by Crippen LogP contribution is 2.64. The van der Waals surface area contributed by atoms with Crippen LogP contribution in [0.2, 0.25) is 0 Å². The summed E-state index contributed by atoms with van der Waals surface area (Å²) < 4.78 is 49.0. The summed E-state index contributed by atoms with van der Waals surface area (Å²) in [6.07, 6.45) is -5.09. The number of hydrogen-bond acceptors (Lipinski definition) is 12. The van der Waals surface area contributed by atoms with Crippen molar-refractivity contribution in [1.82, 2.24) is 19.5 Å². The number of anilines is 1. The van der Waals surface area contributed by atoms with Crippen molar-refractivity contribution in [2.45, 2.75) is 24.5 Å². The summed E-state index contributed by atoms with van der Waals surface area (Å²) in [5.74, 6) is -1.93. The fourth-order valence-corrected chi connectivity index (χ4v) is 7.39. The number of fused-ring (bicyclic) bond motifs is 1. The molecular weight excluding hydrogens is 503 g/mol. The molecule has 0 aliphatic carbocycles. The third-order valence-electron chi connectivity index (χ3n) is 4.09. The fourth-order valence-electron chi connectivity index (χ4n) is 2.87. The predicted molar refractivity (Wildman–Crippen MR) is 102 cm³/mol. The summed E-state index contributed by atoms with van der Waals surface area (Å²) in [6.45, 7) is -0.888. The maximum atomic E-state index is 12.0. The zero-order valence-corrected chi connectivity index (χ0v) is 18.3. The van der Waals surface area contributed by atoms with Crippen LogP contribution in [-0.2, 0) is 27.3 Å². The quantitative estimate of drug-likeness (QED) is 0.171. The molecule has 1 fully saturated rings. The number of phosphoric acid groups is 1. The Morgan fingerprint density at radius 3 is 2.44 bits per heavy atom. The number of nitrogens with one attached hydrogen (secondary N) is 1. The highest BCUT2D eigenvalue weighted by Gasteiger charge is 2.46. The summed E-state index contributed by atoms with van der Waals surface area (Å²) in [7, 11) is -15.7. The average Bonchev–Trinajstić information content (AvgIpc) is 3.12. The lowest BCUT2D eigenvalue weighted by Gasteiger charge is -2.19. The number of hydrogen-bond donors (Lipinski definition) is 8. The molecule has 0 aromatic carbocycles. The summed E-state index contributed by atoms with van der Waals surface area (Å²) in [5, 5.41) is 20.5. The summed E-state index contributed by atoms with van der Waals surface area (Å²) in [5.41, 5.74) is 4.57. The van der Waals surface area contributed by atoms with Crippen LogP contribution in [0.3, 0.4) is 0 Å². The molecule has 2 aromatic heterocycles. The molecule has 0 unspecified atom stereocenters. The molecule has 0 radical (unpaired) electrons. The molecule has 32 heavy (non-hydrogen) atoms. The van der Waals surface area contributed by atoms with Crippen molar-refractivity contribution in [2.24, 2.45) is 0 Å². The Bertz CT molecular complexity index is 1210. The highest BCUT2D eigenvalue weighted by atomic mass is 31.3. The minimum Gasteiger partial charge on any atom is -0.387 e. The van der Waals surface area contributed by atoms with Gasteiger partial charge in [-0.25, -0.2) is 13.9 Å². The molecule has 21 heteroatoms. The zero-order valence-electron chi connectivity index (χ0n) is 15.6. The SMILES string of the molecule is Nc1nc2c(ncn2[C@@H]2O[C@H](CO[P@@](=O)(O)C[P@@](=O)(O)OP(=O)(O)O)[C@@H](O)[C@H]2O)c(=O)[nH]1. The van der Waals surface area contributed by atoms with Crippen molar-refractivity contribution < 1.29 is 57.1 Å². The van der Waals surface area contributed by atoms with Crippen LogP contribution in [0.15, 0.2) is 11.1 Å². The number of aliphatic hydroxyl groups is 2. The third-order valence-corrected chi connectivity index (χ3v) is 9.38. The van der Waals surface area contributed by atoms with Crippen LogP contribution in [0.5, 0.6) is 0 Å². The van der Waals surface area contributed by atoms with Crippen LogP contribution in [0.25, 0.3) is 11.2 Å². The van der Waals surface area contributed by atoms with Gasteiger partial charge in [0, 0.05) is 0 Å². The third kappa shape index (κ3) is 5.69. The minimum atomic E-state index is -5.44. The van der Waals surface area contributed by atoms with Gasteiger partial charge in [-0.15, -0.1) is 0 Å². The first-order valence-electron chi connectivity index (χ1n) is 8.37. The van der Waals surface area contributed by atoms with E-state index in [1.54, 1.807) is 0 Å². The standard InChI is InChI=1S/C11H18N5O13P3/c12-11-14-8-5(9(19)15-11)13-2-16(8)10-7(18)6(17)4(28-10)1-27-30(20,21)3-31(22,23)29-32(24,25)26/h2,4,6-7,10,17-18H,1,3H2,(H,20,21)(H,22,23)(H2,24,25,26)(H3,12,14,15,19)/t4-,6-,7-,10-/m1/s1.